The van der Waals surface area contributed by atoms with Crippen LogP contribution in [0.3, 0.4) is 0 Å². The average molecular weight is 421 g/mol. The molecule has 0 aliphatic carbocycles. The summed E-state index contributed by atoms with van der Waals surface area (Å²) in [6.07, 6.45) is 5.98. The van der Waals surface area contributed by atoms with Gasteiger partial charge >= 0.3 is 0 Å². The number of amides is 1. The lowest BCUT2D eigenvalue weighted by Crippen LogP contribution is -2.43. The fourth-order valence-corrected chi connectivity index (χ4v) is 3.88. The molecule has 0 fully saturated rings. The predicted molar refractivity (Wildman–Crippen MR) is 125 cm³/mol. The molecule has 5 nitrogen and oxygen atoms in total. The second kappa shape index (κ2) is 9.82. The van der Waals surface area contributed by atoms with Gasteiger partial charge in [0.25, 0.3) is 0 Å². The standard InChI is InChI=1S/C26H32N2O3/c1-5-6-7-11-25(30)27-20-10-8-9-18(14-20)24(29)16-23-22-15-21(31-4)13-12-19(22)17-26(2,3)28-23/h8-10,12-16,28H,5-7,11,17H2,1-4H3,(H,27,30). The number of carbonyl (C=O) groups is 2. The summed E-state index contributed by atoms with van der Waals surface area (Å²) in [5.74, 6) is 0.621. The van der Waals surface area contributed by atoms with E-state index in [1.807, 2.05) is 18.2 Å². The Balaban J connectivity index is 1.83. The smallest absolute Gasteiger partial charge is 0.224 e. The topological polar surface area (TPSA) is 67.4 Å². The van der Waals surface area contributed by atoms with Gasteiger partial charge in [0.05, 0.1) is 7.11 Å². The lowest BCUT2D eigenvalue weighted by atomic mass is 9.85. The van der Waals surface area contributed by atoms with Crippen LogP contribution in [0.15, 0.2) is 48.5 Å². The van der Waals surface area contributed by atoms with E-state index in [1.54, 1.807) is 31.4 Å². The van der Waals surface area contributed by atoms with Crippen LogP contribution < -0.4 is 15.4 Å². The number of hydrogen-bond donors (Lipinski definition) is 2. The quantitative estimate of drug-likeness (QED) is 0.343. The Morgan fingerprint density at radius 2 is 1.97 bits per heavy atom. The van der Waals surface area contributed by atoms with Crippen molar-refractivity contribution in [2.24, 2.45) is 0 Å². The molecule has 0 saturated heterocycles. The van der Waals surface area contributed by atoms with Gasteiger partial charge in [-0.2, -0.15) is 0 Å². The van der Waals surface area contributed by atoms with Crippen molar-refractivity contribution in [3.8, 4) is 5.75 Å². The van der Waals surface area contributed by atoms with Gasteiger partial charge in [-0.05, 0) is 56.5 Å². The number of rotatable bonds is 8. The highest BCUT2D eigenvalue weighted by Gasteiger charge is 2.28. The number of anilines is 1. The van der Waals surface area contributed by atoms with E-state index >= 15 is 0 Å². The molecule has 2 aromatic carbocycles. The van der Waals surface area contributed by atoms with Crippen LogP contribution in [0.1, 0.15) is 67.9 Å². The fraction of sp³-hybridized carbons (Fsp3) is 0.385. The largest absolute Gasteiger partial charge is 0.497 e. The minimum Gasteiger partial charge on any atom is -0.497 e. The normalized spacial score (nSPS) is 15.7. The van der Waals surface area contributed by atoms with Crippen LogP contribution in [0.25, 0.3) is 5.70 Å². The molecular formula is C26H32N2O3. The SMILES string of the molecule is CCCCCC(=O)Nc1cccc(C(=O)C=C2NC(C)(C)Cc3ccc(OC)cc32)c1. The summed E-state index contributed by atoms with van der Waals surface area (Å²) in [6.45, 7) is 6.35. The second-order valence-corrected chi connectivity index (χ2v) is 8.72. The minimum atomic E-state index is -0.165. The number of carbonyl (C=O) groups excluding carboxylic acids is 2. The second-order valence-electron chi connectivity index (χ2n) is 8.72. The Kier molecular flexibility index (Phi) is 7.16. The zero-order chi connectivity index (χ0) is 22.4. The van der Waals surface area contributed by atoms with E-state index in [0.717, 1.165) is 42.7 Å². The molecule has 0 aromatic heterocycles. The molecule has 0 unspecified atom stereocenters. The Bertz CT molecular complexity index is 992. The van der Waals surface area contributed by atoms with Crippen LogP contribution in [-0.4, -0.2) is 24.3 Å². The average Bonchev–Trinajstić information content (AvgIpc) is 2.73. The molecular weight excluding hydrogens is 388 g/mol. The van der Waals surface area contributed by atoms with E-state index in [4.69, 9.17) is 4.74 Å². The number of ketones is 1. The molecule has 1 heterocycles. The molecule has 3 rings (SSSR count). The van der Waals surface area contributed by atoms with E-state index in [9.17, 15) is 9.59 Å². The molecule has 1 aliphatic heterocycles. The highest BCUT2D eigenvalue weighted by atomic mass is 16.5. The van der Waals surface area contributed by atoms with Gasteiger partial charge in [-0.15, -0.1) is 0 Å². The summed E-state index contributed by atoms with van der Waals surface area (Å²) in [7, 11) is 1.64. The number of methoxy groups -OCH3 is 1. The van der Waals surface area contributed by atoms with Crippen LogP contribution in [0.5, 0.6) is 5.75 Å². The number of nitrogens with one attached hydrogen (secondary N) is 2. The summed E-state index contributed by atoms with van der Waals surface area (Å²) >= 11 is 0. The van der Waals surface area contributed by atoms with Gasteiger partial charge in [-0.3, -0.25) is 9.59 Å². The first-order valence-electron chi connectivity index (χ1n) is 10.9. The maximum absolute atomic E-state index is 13.1. The number of allylic oxidation sites excluding steroid dienone is 1. The highest BCUT2D eigenvalue weighted by molar-refractivity contribution is 6.09. The molecule has 1 aliphatic rings. The summed E-state index contributed by atoms with van der Waals surface area (Å²) in [6, 6.07) is 13.1. The van der Waals surface area contributed by atoms with Gasteiger partial charge in [0.15, 0.2) is 5.78 Å². The van der Waals surface area contributed by atoms with Crippen molar-refractivity contribution in [2.75, 3.05) is 12.4 Å². The molecule has 31 heavy (non-hydrogen) atoms. The van der Waals surface area contributed by atoms with Gasteiger partial charge in [0.2, 0.25) is 5.91 Å². The highest BCUT2D eigenvalue weighted by Crippen LogP contribution is 2.32. The predicted octanol–water partition coefficient (Wildman–Crippen LogP) is 5.36. The Labute approximate surface area is 184 Å². The van der Waals surface area contributed by atoms with Crippen molar-refractivity contribution < 1.29 is 14.3 Å². The third-order valence-electron chi connectivity index (χ3n) is 5.43. The first-order valence-corrected chi connectivity index (χ1v) is 10.9. The number of ether oxygens (including phenoxy) is 1. The number of benzene rings is 2. The Morgan fingerprint density at radius 3 is 2.71 bits per heavy atom. The van der Waals surface area contributed by atoms with Crippen LogP contribution in [0, 0.1) is 0 Å². The molecule has 0 bridgehead atoms. The zero-order valence-corrected chi connectivity index (χ0v) is 18.9. The summed E-state index contributed by atoms with van der Waals surface area (Å²) in [5, 5.41) is 6.39. The third kappa shape index (κ3) is 5.97. The van der Waals surface area contributed by atoms with E-state index in [2.05, 4.69) is 37.5 Å². The fourth-order valence-electron chi connectivity index (χ4n) is 3.88. The number of hydrogen-bond acceptors (Lipinski definition) is 4. The van der Waals surface area contributed by atoms with Crippen molar-refractivity contribution >= 4 is 23.1 Å². The monoisotopic (exact) mass is 420 g/mol. The maximum atomic E-state index is 13.1. The Morgan fingerprint density at radius 1 is 1.16 bits per heavy atom. The van der Waals surface area contributed by atoms with E-state index < -0.39 is 0 Å². The van der Waals surface area contributed by atoms with Crippen molar-refractivity contribution in [3.63, 3.8) is 0 Å². The van der Waals surface area contributed by atoms with Gasteiger partial charge < -0.3 is 15.4 Å². The first kappa shape index (κ1) is 22.6. The van der Waals surface area contributed by atoms with Crippen LogP contribution in [-0.2, 0) is 11.2 Å². The lowest BCUT2D eigenvalue weighted by Gasteiger charge is -2.35. The van der Waals surface area contributed by atoms with Crippen molar-refractivity contribution in [1.29, 1.82) is 0 Å². The van der Waals surface area contributed by atoms with E-state index in [0.29, 0.717) is 17.7 Å². The Hall–Kier alpha value is -3.08. The van der Waals surface area contributed by atoms with Gasteiger partial charge in [0.1, 0.15) is 5.75 Å². The van der Waals surface area contributed by atoms with E-state index in [-0.39, 0.29) is 17.2 Å². The van der Waals surface area contributed by atoms with Gasteiger partial charge in [-0.1, -0.05) is 38.0 Å². The molecule has 0 radical (unpaired) electrons. The number of unbranched alkanes of at least 4 members (excludes halogenated alkanes) is 2. The van der Waals surface area contributed by atoms with Crippen LogP contribution >= 0.6 is 0 Å². The summed E-state index contributed by atoms with van der Waals surface area (Å²) in [4.78, 5) is 25.2. The molecule has 0 spiro atoms. The third-order valence-corrected chi connectivity index (χ3v) is 5.43. The number of fused-ring (bicyclic) bond motifs is 1. The zero-order valence-electron chi connectivity index (χ0n) is 18.9. The van der Waals surface area contributed by atoms with Crippen molar-refractivity contribution in [2.45, 2.75) is 58.4 Å². The lowest BCUT2D eigenvalue weighted by molar-refractivity contribution is -0.116. The molecule has 164 valence electrons. The van der Waals surface area contributed by atoms with Crippen LogP contribution in [0.4, 0.5) is 5.69 Å². The summed E-state index contributed by atoms with van der Waals surface area (Å²) < 4.78 is 5.38. The van der Waals surface area contributed by atoms with Crippen LogP contribution in [0.2, 0.25) is 0 Å². The molecule has 0 atom stereocenters. The molecule has 5 heteroatoms. The first-order chi connectivity index (χ1) is 14.8. The molecule has 1 amide bonds. The molecule has 0 saturated carbocycles. The molecule has 2 aromatic rings. The maximum Gasteiger partial charge on any atom is 0.224 e. The molecule has 2 N–H and O–H groups in total. The summed E-state index contributed by atoms with van der Waals surface area (Å²) in [5.41, 5.74) is 3.95. The van der Waals surface area contributed by atoms with Crippen molar-refractivity contribution in [3.05, 3.63) is 65.2 Å². The van der Waals surface area contributed by atoms with E-state index in [1.165, 1.54) is 5.56 Å². The minimum absolute atomic E-state index is 0.0203. The van der Waals surface area contributed by atoms with Crippen molar-refractivity contribution in [1.82, 2.24) is 5.32 Å². The van der Waals surface area contributed by atoms with Gasteiger partial charge in [0, 0.05) is 40.5 Å². The van der Waals surface area contributed by atoms with Gasteiger partial charge in [-0.25, -0.2) is 0 Å².